The van der Waals surface area contributed by atoms with Crippen molar-refractivity contribution in [2.24, 2.45) is 0 Å². The third kappa shape index (κ3) is 5.41. The Labute approximate surface area is 154 Å². The highest BCUT2D eigenvalue weighted by Gasteiger charge is 2.34. The molecule has 0 aliphatic carbocycles. The minimum absolute atomic E-state index is 0.111. The molecule has 26 heavy (non-hydrogen) atoms. The second kappa shape index (κ2) is 9.32. The summed E-state index contributed by atoms with van der Waals surface area (Å²) >= 11 is 0. The van der Waals surface area contributed by atoms with Crippen molar-refractivity contribution in [3.63, 3.8) is 0 Å². The molecule has 2 N–H and O–H groups in total. The molecular weight excluding hydrogens is 336 g/mol. The summed E-state index contributed by atoms with van der Waals surface area (Å²) in [5.41, 5.74) is 0.720. The molecular formula is C19H28N2O5. The van der Waals surface area contributed by atoms with Gasteiger partial charge in [0, 0.05) is 19.2 Å². The van der Waals surface area contributed by atoms with Gasteiger partial charge in [-0.15, -0.1) is 0 Å². The minimum atomic E-state index is -0.591. The van der Waals surface area contributed by atoms with Crippen LogP contribution in [-0.4, -0.2) is 67.3 Å². The number of carbonyl (C=O) groups excluding carboxylic acids is 1. The number of likely N-dealkylation sites (tertiary alicyclic amines) is 1. The minimum Gasteiger partial charge on any atom is -0.491 e. The fraction of sp³-hybridized carbons (Fsp3) is 0.632. The van der Waals surface area contributed by atoms with Gasteiger partial charge in [0.25, 0.3) is 0 Å². The molecule has 7 nitrogen and oxygen atoms in total. The van der Waals surface area contributed by atoms with E-state index in [1.807, 2.05) is 0 Å². The van der Waals surface area contributed by atoms with E-state index < -0.39 is 6.10 Å². The largest absolute Gasteiger partial charge is 0.491 e. The van der Waals surface area contributed by atoms with Crippen LogP contribution in [0.2, 0.25) is 0 Å². The number of hydrogen-bond acceptors (Lipinski definition) is 6. The Morgan fingerprint density at radius 2 is 2.04 bits per heavy atom. The number of carbonyl (C=O) groups is 1. The Bertz CT molecular complexity index is 574. The SMILES string of the molecule is CC(=O)Nc1ccc(OCC(O)CN2CCCCC2C2OCCO2)cc1. The highest BCUT2D eigenvalue weighted by molar-refractivity contribution is 5.88. The van der Waals surface area contributed by atoms with Crippen LogP contribution in [0.4, 0.5) is 5.69 Å². The topological polar surface area (TPSA) is 80.3 Å². The second-order valence-corrected chi connectivity index (χ2v) is 6.84. The highest BCUT2D eigenvalue weighted by Crippen LogP contribution is 2.24. The number of nitrogens with zero attached hydrogens (tertiary/aromatic N) is 1. The smallest absolute Gasteiger partial charge is 0.221 e. The third-order valence-corrected chi connectivity index (χ3v) is 4.69. The summed E-state index contributed by atoms with van der Waals surface area (Å²) in [6.07, 6.45) is 2.55. The van der Waals surface area contributed by atoms with Crippen LogP contribution in [0.3, 0.4) is 0 Å². The molecule has 1 aromatic carbocycles. The van der Waals surface area contributed by atoms with Gasteiger partial charge < -0.3 is 24.6 Å². The summed E-state index contributed by atoms with van der Waals surface area (Å²) in [4.78, 5) is 13.3. The molecule has 0 saturated carbocycles. The fourth-order valence-electron chi connectivity index (χ4n) is 3.50. The molecule has 144 valence electrons. The molecule has 1 aromatic rings. The van der Waals surface area contributed by atoms with Gasteiger partial charge in [0.1, 0.15) is 18.5 Å². The zero-order valence-corrected chi connectivity index (χ0v) is 15.2. The average Bonchev–Trinajstić information content (AvgIpc) is 3.16. The number of piperidine rings is 1. The van der Waals surface area contributed by atoms with Crippen molar-refractivity contribution in [2.45, 2.75) is 44.6 Å². The predicted octanol–water partition coefficient (Wildman–Crippen LogP) is 1.61. The zero-order valence-electron chi connectivity index (χ0n) is 15.2. The monoisotopic (exact) mass is 364 g/mol. The lowest BCUT2D eigenvalue weighted by Crippen LogP contribution is -2.50. The lowest BCUT2D eigenvalue weighted by Gasteiger charge is -2.38. The van der Waals surface area contributed by atoms with Crippen molar-refractivity contribution < 1.29 is 24.1 Å². The Hall–Kier alpha value is -1.67. The molecule has 3 rings (SSSR count). The average molecular weight is 364 g/mol. The zero-order chi connectivity index (χ0) is 18.4. The van der Waals surface area contributed by atoms with Crippen LogP contribution in [0.5, 0.6) is 5.75 Å². The van der Waals surface area contributed by atoms with Gasteiger partial charge >= 0.3 is 0 Å². The Kier molecular flexibility index (Phi) is 6.85. The molecule has 7 heteroatoms. The second-order valence-electron chi connectivity index (χ2n) is 6.84. The lowest BCUT2D eigenvalue weighted by atomic mass is 10.0. The summed E-state index contributed by atoms with van der Waals surface area (Å²) in [6, 6.07) is 7.32. The first kappa shape index (κ1) is 19.1. The number of ether oxygens (including phenoxy) is 3. The van der Waals surface area contributed by atoms with E-state index in [0.717, 1.165) is 31.5 Å². The molecule has 2 unspecified atom stereocenters. The van der Waals surface area contributed by atoms with Crippen LogP contribution in [0, 0.1) is 0 Å². The predicted molar refractivity (Wildman–Crippen MR) is 97.2 cm³/mol. The molecule has 0 aromatic heterocycles. The molecule has 2 atom stereocenters. The van der Waals surface area contributed by atoms with Gasteiger partial charge in [-0.1, -0.05) is 6.42 Å². The van der Waals surface area contributed by atoms with Crippen molar-refractivity contribution in [1.82, 2.24) is 4.90 Å². The molecule has 1 amide bonds. The van der Waals surface area contributed by atoms with E-state index in [9.17, 15) is 9.90 Å². The van der Waals surface area contributed by atoms with E-state index in [1.54, 1.807) is 24.3 Å². The lowest BCUT2D eigenvalue weighted by molar-refractivity contribution is -0.115. The normalized spacial score (nSPS) is 22.9. The van der Waals surface area contributed by atoms with Gasteiger partial charge in [-0.3, -0.25) is 9.69 Å². The highest BCUT2D eigenvalue weighted by atomic mass is 16.7. The van der Waals surface area contributed by atoms with Gasteiger partial charge in [0.15, 0.2) is 6.29 Å². The Morgan fingerprint density at radius 3 is 2.73 bits per heavy atom. The standard InChI is InChI=1S/C19H28N2O5/c1-14(22)20-15-5-7-17(8-6-15)26-13-16(23)12-21-9-3-2-4-18(21)19-24-10-11-25-19/h5-8,16,18-19,23H,2-4,9-13H2,1H3,(H,20,22). The Morgan fingerprint density at radius 1 is 1.31 bits per heavy atom. The maximum Gasteiger partial charge on any atom is 0.221 e. The summed E-state index contributed by atoms with van der Waals surface area (Å²) in [5, 5.41) is 13.1. The van der Waals surface area contributed by atoms with Crippen molar-refractivity contribution in [2.75, 3.05) is 38.2 Å². The summed E-state index contributed by atoms with van der Waals surface area (Å²) in [7, 11) is 0. The van der Waals surface area contributed by atoms with E-state index in [2.05, 4.69) is 10.2 Å². The van der Waals surface area contributed by atoms with E-state index in [-0.39, 0.29) is 24.8 Å². The van der Waals surface area contributed by atoms with Crippen molar-refractivity contribution in [1.29, 1.82) is 0 Å². The van der Waals surface area contributed by atoms with Gasteiger partial charge in [-0.05, 0) is 43.7 Å². The molecule has 2 heterocycles. The van der Waals surface area contributed by atoms with Crippen LogP contribution < -0.4 is 10.1 Å². The number of amides is 1. The third-order valence-electron chi connectivity index (χ3n) is 4.69. The van der Waals surface area contributed by atoms with Crippen molar-refractivity contribution in [3.8, 4) is 5.75 Å². The van der Waals surface area contributed by atoms with Gasteiger partial charge in [0.2, 0.25) is 5.91 Å². The number of hydrogen-bond donors (Lipinski definition) is 2. The van der Waals surface area contributed by atoms with Crippen LogP contribution in [0.15, 0.2) is 24.3 Å². The number of benzene rings is 1. The van der Waals surface area contributed by atoms with Crippen LogP contribution in [-0.2, 0) is 14.3 Å². The summed E-state index contributed by atoms with van der Waals surface area (Å²) in [5.74, 6) is 0.552. The fourth-order valence-corrected chi connectivity index (χ4v) is 3.50. The van der Waals surface area contributed by atoms with Gasteiger partial charge in [0.05, 0.1) is 19.3 Å². The number of aliphatic hydroxyl groups is 1. The summed E-state index contributed by atoms with van der Waals surface area (Å²) in [6.45, 7) is 4.46. The molecule has 0 radical (unpaired) electrons. The first-order valence-electron chi connectivity index (χ1n) is 9.27. The van der Waals surface area contributed by atoms with Crippen molar-refractivity contribution >= 4 is 11.6 Å². The van der Waals surface area contributed by atoms with Crippen LogP contribution >= 0.6 is 0 Å². The van der Waals surface area contributed by atoms with E-state index in [1.165, 1.54) is 6.92 Å². The van der Waals surface area contributed by atoms with Gasteiger partial charge in [-0.2, -0.15) is 0 Å². The van der Waals surface area contributed by atoms with Crippen molar-refractivity contribution in [3.05, 3.63) is 24.3 Å². The maximum atomic E-state index is 11.0. The molecule has 2 saturated heterocycles. The number of rotatable bonds is 7. The molecule has 0 bridgehead atoms. The Balaban J connectivity index is 1.46. The number of nitrogens with one attached hydrogen (secondary N) is 1. The first-order valence-corrected chi connectivity index (χ1v) is 9.27. The van der Waals surface area contributed by atoms with Crippen LogP contribution in [0.25, 0.3) is 0 Å². The number of aliphatic hydroxyl groups excluding tert-OH is 1. The van der Waals surface area contributed by atoms with E-state index in [4.69, 9.17) is 14.2 Å². The summed E-state index contributed by atoms with van der Waals surface area (Å²) < 4.78 is 17.0. The number of β-amino-alcohol motifs (C(OH)–C–C–N with tert-alkyl or cyclic N) is 1. The molecule has 2 aliphatic heterocycles. The maximum absolute atomic E-state index is 11.0. The van der Waals surface area contributed by atoms with Gasteiger partial charge in [-0.25, -0.2) is 0 Å². The first-order chi connectivity index (χ1) is 12.6. The molecule has 2 fully saturated rings. The van der Waals surface area contributed by atoms with E-state index in [0.29, 0.717) is 25.5 Å². The quantitative estimate of drug-likeness (QED) is 0.765. The molecule has 2 aliphatic rings. The number of anilines is 1. The van der Waals surface area contributed by atoms with E-state index >= 15 is 0 Å². The van der Waals surface area contributed by atoms with Crippen LogP contribution in [0.1, 0.15) is 26.2 Å². The molecule has 0 spiro atoms.